The van der Waals surface area contributed by atoms with Crippen molar-refractivity contribution in [3.8, 4) is 0 Å². The molecule has 0 aliphatic rings. The first-order chi connectivity index (χ1) is 11.0. The molecule has 0 fully saturated rings. The fraction of sp³-hybridized carbons (Fsp3) is 0.400. The number of anilines is 2. The van der Waals surface area contributed by atoms with Crippen LogP contribution in [0.15, 0.2) is 46.2 Å². The third-order valence-corrected chi connectivity index (χ3v) is 5.61. The maximum Gasteiger partial charge on any atom is 0.0522 e. The van der Waals surface area contributed by atoms with Gasteiger partial charge in [0, 0.05) is 9.79 Å². The molecule has 0 spiro atoms. The van der Waals surface area contributed by atoms with Crippen LogP contribution >= 0.6 is 23.5 Å². The molecule has 0 atom stereocenters. The average molecular weight is 346 g/mol. The SMILES string of the molecule is CSc1cc(C(C)C)ccc1Nc1ccc(C(C)C)cc1SC. The molecule has 0 amide bonds. The minimum absolute atomic E-state index is 0.557. The first-order valence-electron chi connectivity index (χ1n) is 8.09. The summed E-state index contributed by atoms with van der Waals surface area (Å²) in [4.78, 5) is 2.60. The van der Waals surface area contributed by atoms with Crippen LogP contribution in [-0.2, 0) is 0 Å². The maximum atomic E-state index is 3.63. The van der Waals surface area contributed by atoms with Crippen LogP contribution in [0.25, 0.3) is 0 Å². The molecule has 1 N–H and O–H groups in total. The molecule has 2 rings (SSSR count). The molecular weight excluding hydrogens is 318 g/mol. The van der Waals surface area contributed by atoms with Gasteiger partial charge in [-0.05, 0) is 59.7 Å². The molecule has 0 unspecified atom stereocenters. The number of hydrogen-bond donors (Lipinski definition) is 1. The Kier molecular flexibility index (Phi) is 6.49. The number of hydrogen-bond acceptors (Lipinski definition) is 3. The van der Waals surface area contributed by atoms with Gasteiger partial charge in [0.1, 0.15) is 0 Å². The van der Waals surface area contributed by atoms with Crippen molar-refractivity contribution < 1.29 is 0 Å². The Bertz CT molecular complexity index is 605. The first kappa shape index (κ1) is 18.3. The van der Waals surface area contributed by atoms with E-state index in [0.717, 1.165) is 0 Å². The Labute approximate surface area is 149 Å². The van der Waals surface area contributed by atoms with E-state index in [0.29, 0.717) is 11.8 Å². The highest BCUT2D eigenvalue weighted by Gasteiger charge is 2.10. The molecule has 23 heavy (non-hydrogen) atoms. The Balaban J connectivity index is 2.35. The van der Waals surface area contributed by atoms with Gasteiger partial charge in [-0.2, -0.15) is 0 Å². The molecule has 3 heteroatoms. The largest absolute Gasteiger partial charge is 0.354 e. The Morgan fingerprint density at radius 3 is 1.39 bits per heavy atom. The first-order valence-corrected chi connectivity index (χ1v) is 10.5. The van der Waals surface area contributed by atoms with Crippen LogP contribution in [0.3, 0.4) is 0 Å². The topological polar surface area (TPSA) is 12.0 Å². The molecule has 0 bridgehead atoms. The van der Waals surface area contributed by atoms with Crippen LogP contribution in [0.5, 0.6) is 0 Å². The summed E-state index contributed by atoms with van der Waals surface area (Å²) in [5.74, 6) is 1.11. The van der Waals surface area contributed by atoms with Crippen molar-refractivity contribution in [1.29, 1.82) is 0 Å². The lowest BCUT2D eigenvalue weighted by Crippen LogP contribution is -1.98. The van der Waals surface area contributed by atoms with Crippen molar-refractivity contribution in [2.45, 2.75) is 49.3 Å². The monoisotopic (exact) mass is 345 g/mol. The lowest BCUT2D eigenvalue weighted by atomic mass is 10.0. The van der Waals surface area contributed by atoms with Gasteiger partial charge in [-0.15, -0.1) is 23.5 Å². The third kappa shape index (κ3) is 4.48. The van der Waals surface area contributed by atoms with Crippen LogP contribution in [0, 0.1) is 0 Å². The molecule has 2 aromatic carbocycles. The zero-order valence-corrected chi connectivity index (χ0v) is 16.6. The number of benzene rings is 2. The molecule has 0 aliphatic carbocycles. The van der Waals surface area contributed by atoms with E-state index in [4.69, 9.17) is 0 Å². The van der Waals surface area contributed by atoms with Gasteiger partial charge in [0.05, 0.1) is 11.4 Å². The predicted molar refractivity (Wildman–Crippen MR) is 108 cm³/mol. The van der Waals surface area contributed by atoms with Gasteiger partial charge in [-0.1, -0.05) is 39.8 Å². The van der Waals surface area contributed by atoms with Gasteiger partial charge in [-0.25, -0.2) is 0 Å². The molecule has 0 heterocycles. The van der Waals surface area contributed by atoms with E-state index in [2.05, 4.69) is 81.9 Å². The van der Waals surface area contributed by atoms with Crippen molar-refractivity contribution >= 4 is 34.9 Å². The third-order valence-electron chi connectivity index (χ3n) is 4.05. The van der Waals surface area contributed by atoms with Crippen LogP contribution in [0.4, 0.5) is 11.4 Å². The van der Waals surface area contributed by atoms with Crippen molar-refractivity contribution in [2.24, 2.45) is 0 Å². The molecular formula is C20H27NS2. The van der Waals surface area contributed by atoms with Crippen LogP contribution in [0.1, 0.15) is 50.7 Å². The molecule has 0 saturated carbocycles. The summed E-state index contributed by atoms with van der Waals surface area (Å²) in [6.07, 6.45) is 4.28. The smallest absolute Gasteiger partial charge is 0.0522 e. The van der Waals surface area contributed by atoms with E-state index < -0.39 is 0 Å². The minimum atomic E-state index is 0.557. The second-order valence-corrected chi connectivity index (χ2v) is 8.05. The summed E-state index contributed by atoms with van der Waals surface area (Å²) in [5.41, 5.74) is 5.16. The maximum absolute atomic E-state index is 3.63. The summed E-state index contributed by atoms with van der Waals surface area (Å²) in [5, 5.41) is 3.63. The van der Waals surface area contributed by atoms with E-state index in [1.807, 2.05) is 0 Å². The normalized spacial score (nSPS) is 11.3. The van der Waals surface area contributed by atoms with Crippen molar-refractivity contribution in [1.82, 2.24) is 0 Å². The number of nitrogens with one attached hydrogen (secondary N) is 1. The summed E-state index contributed by atoms with van der Waals surface area (Å²) >= 11 is 3.60. The van der Waals surface area contributed by atoms with Crippen LogP contribution in [-0.4, -0.2) is 12.5 Å². The lowest BCUT2D eigenvalue weighted by molar-refractivity contribution is 0.862. The second-order valence-electron chi connectivity index (χ2n) is 6.35. The van der Waals surface area contributed by atoms with Crippen LogP contribution in [0.2, 0.25) is 0 Å². The molecule has 0 aliphatic heterocycles. The molecule has 0 radical (unpaired) electrons. The highest BCUT2D eigenvalue weighted by molar-refractivity contribution is 7.99. The lowest BCUT2D eigenvalue weighted by Gasteiger charge is -2.17. The van der Waals surface area contributed by atoms with Gasteiger partial charge >= 0.3 is 0 Å². The molecule has 1 nitrogen and oxygen atoms in total. The van der Waals surface area contributed by atoms with E-state index in [1.54, 1.807) is 23.5 Å². The zero-order chi connectivity index (χ0) is 17.0. The van der Waals surface area contributed by atoms with Crippen molar-refractivity contribution in [2.75, 3.05) is 17.8 Å². The molecule has 124 valence electrons. The van der Waals surface area contributed by atoms with E-state index in [-0.39, 0.29) is 0 Å². The second kappa shape index (κ2) is 8.16. The highest BCUT2D eigenvalue weighted by atomic mass is 32.2. The predicted octanol–water partition coefficient (Wildman–Crippen LogP) is 7.12. The quantitative estimate of drug-likeness (QED) is 0.560. The number of thioether (sulfide) groups is 2. The van der Waals surface area contributed by atoms with E-state index >= 15 is 0 Å². The van der Waals surface area contributed by atoms with E-state index in [1.165, 1.54) is 32.3 Å². The van der Waals surface area contributed by atoms with Gasteiger partial charge < -0.3 is 5.32 Å². The van der Waals surface area contributed by atoms with Gasteiger partial charge in [0.25, 0.3) is 0 Å². The molecule has 2 aromatic rings. The fourth-order valence-corrected chi connectivity index (χ4v) is 3.67. The Morgan fingerprint density at radius 2 is 1.09 bits per heavy atom. The van der Waals surface area contributed by atoms with Crippen molar-refractivity contribution in [3.63, 3.8) is 0 Å². The van der Waals surface area contributed by atoms with Gasteiger partial charge in [0.15, 0.2) is 0 Å². The summed E-state index contributed by atoms with van der Waals surface area (Å²) in [7, 11) is 0. The van der Waals surface area contributed by atoms with Crippen LogP contribution < -0.4 is 5.32 Å². The Hall–Kier alpha value is -1.06. The summed E-state index contributed by atoms with van der Waals surface area (Å²) in [6, 6.07) is 13.5. The molecule has 0 aromatic heterocycles. The average Bonchev–Trinajstić information content (AvgIpc) is 2.55. The fourth-order valence-electron chi connectivity index (χ4n) is 2.49. The summed E-state index contributed by atoms with van der Waals surface area (Å²) in [6.45, 7) is 8.96. The standard InChI is InChI=1S/C20H27NS2/c1-13(2)15-7-9-17(19(11-15)22-5)21-18-10-8-16(14(3)4)12-20(18)23-6/h7-14,21H,1-6H3. The highest BCUT2D eigenvalue weighted by Crippen LogP contribution is 2.35. The zero-order valence-electron chi connectivity index (χ0n) is 14.9. The van der Waals surface area contributed by atoms with Gasteiger partial charge in [0.2, 0.25) is 0 Å². The Morgan fingerprint density at radius 1 is 0.696 bits per heavy atom. The van der Waals surface area contributed by atoms with Gasteiger partial charge in [-0.3, -0.25) is 0 Å². The van der Waals surface area contributed by atoms with E-state index in [9.17, 15) is 0 Å². The summed E-state index contributed by atoms with van der Waals surface area (Å²) < 4.78 is 0. The number of rotatable bonds is 6. The molecule has 0 saturated heterocycles. The minimum Gasteiger partial charge on any atom is -0.354 e. The van der Waals surface area contributed by atoms with Crippen molar-refractivity contribution in [3.05, 3.63) is 47.5 Å².